The van der Waals surface area contributed by atoms with Gasteiger partial charge in [0.2, 0.25) is 0 Å². The minimum absolute atomic E-state index is 0.291. The standard InChI is InChI=1S/C17H15ClF2/c18-16(9-14-6-7-15(19)10-17(14)20)13-5-4-11-2-1-3-12(11)8-13/h4-8,10,16H,1-3,9H2. The van der Waals surface area contributed by atoms with Gasteiger partial charge in [0, 0.05) is 6.07 Å². The van der Waals surface area contributed by atoms with Gasteiger partial charge in [-0.05, 0) is 54.0 Å². The number of fused-ring (bicyclic) bond motifs is 1. The summed E-state index contributed by atoms with van der Waals surface area (Å²) in [6.45, 7) is 0. The van der Waals surface area contributed by atoms with Crippen LogP contribution in [-0.4, -0.2) is 0 Å². The first-order chi connectivity index (χ1) is 9.63. The molecule has 20 heavy (non-hydrogen) atoms. The predicted molar refractivity (Wildman–Crippen MR) is 77.1 cm³/mol. The van der Waals surface area contributed by atoms with Crippen molar-refractivity contribution in [2.45, 2.75) is 31.1 Å². The molecule has 104 valence electrons. The van der Waals surface area contributed by atoms with Gasteiger partial charge in [0.05, 0.1) is 5.38 Å². The smallest absolute Gasteiger partial charge is 0.129 e. The van der Waals surface area contributed by atoms with Gasteiger partial charge >= 0.3 is 0 Å². The molecule has 0 fully saturated rings. The molecule has 0 amide bonds. The lowest BCUT2D eigenvalue weighted by Crippen LogP contribution is -2.00. The van der Waals surface area contributed by atoms with E-state index in [1.807, 2.05) is 6.07 Å². The Morgan fingerprint density at radius 1 is 1.00 bits per heavy atom. The van der Waals surface area contributed by atoms with E-state index in [1.165, 1.54) is 29.7 Å². The maximum Gasteiger partial charge on any atom is 0.129 e. The number of halogens is 3. The second kappa shape index (κ2) is 5.53. The monoisotopic (exact) mass is 292 g/mol. The molecule has 1 aliphatic rings. The van der Waals surface area contributed by atoms with Crippen molar-refractivity contribution in [3.8, 4) is 0 Å². The van der Waals surface area contributed by atoms with Crippen molar-refractivity contribution in [1.29, 1.82) is 0 Å². The molecule has 0 nitrogen and oxygen atoms in total. The normalized spacial score (nSPS) is 15.2. The Bertz CT molecular complexity index is 637. The topological polar surface area (TPSA) is 0 Å². The molecule has 0 aromatic heterocycles. The van der Waals surface area contributed by atoms with Gasteiger partial charge in [-0.25, -0.2) is 8.78 Å². The Labute approximate surface area is 122 Å². The number of benzene rings is 2. The van der Waals surface area contributed by atoms with E-state index in [0.29, 0.717) is 12.0 Å². The van der Waals surface area contributed by atoms with E-state index in [4.69, 9.17) is 11.6 Å². The molecule has 0 heterocycles. The lowest BCUT2D eigenvalue weighted by atomic mass is 10.00. The summed E-state index contributed by atoms with van der Waals surface area (Å²) in [6, 6.07) is 9.90. The first-order valence-corrected chi connectivity index (χ1v) is 7.27. The first-order valence-electron chi connectivity index (χ1n) is 6.83. The first kappa shape index (κ1) is 13.6. The third-order valence-electron chi connectivity index (χ3n) is 3.90. The van der Waals surface area contributed by atoms with Crippen LogP contribution in [0.4, 0.5) is 8.78 Å². The Balaban J connectivity index is 1.80. The lowest BCUT2D eigenvalue weighted by molar-refractivity contribution is 0.570. The Hall–Kier alpha value is -1.41. The quantitative estimate of drug-likeness (QED) is 0.700. The highest BCUT2D eigenvalue weighted by molar-refractivity contribution is 6.20. The van der Waals surface area contributed by atoms with Gasteiger partial charge in [0.15, 0.2) is 0 Å². The zero-order valence-corrected chi connectivity index (χ0v) is 11.8. The summed E-state index contributed by atoms with van der Waals surface area (Å²) in [5, 5.41) is -0.291. The van der Waals surface area contributed by atoms with Crippen LogP contribution in [0.5, 0.6) is 0 Å². The SMILES string of the molecule is Fc1ccc(CC(Cl)c2ccc3c(c2)CCC3)c(F)c1. The lowest BCUT2D eigenvalue weighted by Gasteiger charge is -2.12. The Kier molecular flexibility index (Phi) is 3.75. The number of alkyl halides is 1. The van der Waals surface area contributed by atoms with Gasteiger partial charge < -0.3 is 0 Å². The average Bonchev–Trinajstić information content (AvgIpc) is 2.89. The fourth-order valence-electron chi connectivity index (χ4n) is 2.78. The summed E-state index contributed by atoms with van der Waals surface area (Å²) >= 11 is 6.39. The van der Waals surface area contributed by atoms with E-state index in [1.54, 1.807) is 0 Å². The van der Waals surface area contributed by atoms with Crippen LogP contribution in [-0.2, 0) is 19.3 Å². The van der Waals surface area contributed by atoms with Crippen molar-refractivity contribution in [3.63, 3.8) is 0 Å². The van der Waals surface area contributed by atoms with Crippen LogP contribution in [0.25, 0.3) is 0 Å². The second-order valence-electron chi connectivity index (χ2n) is 5.29. The molecule has 0 saturated heterocycles. The summed E-state index contributed by atoms with van der Waals surface area (Å²) in [7, 11) is 0. The van der Waals surface area contributed by atoms with Crippen molar-refractivity contribution in [2.75, 3.05) is 0 Å². The molecule has 0 spiro atoms. The summed E-state index contributed by atoms with van der Waals surface area (Å²) in [5.41, 5.74) is 4.21. The molecule has 0 aliphatic heterocycles. The molecule has 3 heteroatoms. The minimum atomic E-state index is -0.560. The number of aryl methyl sites for hydroxylation is 2. The largest absolute Gasteiger partial charge is 0.207 e. The molecule has 0 radical (unpaired) electrons. The van der Waals surface area contributed by atoms with Crippen molar-refractivity contribution < 1.29 is 8.78 Å². The molecule has 1 unspecified atom stereocenters. The zero-order chi connectivity index (χ0) is 14.1. The van der Waals surface area contributed by atoms with Crippen molar-refractivity contribution in [2.24, 2.45) is 0 Å². The average molecular weight is 293 g/mol. The van der Waals surface area contributed by atoms with Crippen LogP contribution >= 0.6 is 11.6 Å². The molecule has 0 bridgehead atoms. The fraction of sp³-hybridized carbons (Fsp3) is 0.294. The second-order valence-corrected chi connectivity index (χ2v) is 5.82. The van der Waals surface area contributed by atoms with Gasteiger partial charge in [-0.3, -0.25) is 0 Å². The maximum atomic E-state index is 13.6. The molecule has 3 rings (SSSR count). The molecule has 2 aromatic carbocycles. The van der Waals surface area contributed by atoms with Gasteiger partial charge in [-0.1, -0.05) is 24.3 Å². The van der Waals surface area contributed by atoms with Crippen molar-refractivity contribution in [1.82, 2.24) is 0 Å². The van der Waals surface area contributed by atoms with E-state index in [-0.39, 0.29) is 5.38 Å². The van der Waals surface area contributed by atoms with Crippen LogP contribution < -0.4 is 0 Å². The number of hydrogen-bond donors (Lipinski definition) is 0. The Morgan fingerprint density at radius 3 is 2.60 bits per heavy atom. The molecule has 1 aliphatic carbocycles. The summed E-state index contributed by atoms with van der Waals surface area (Å²) in [5.74, 6) is -1.09. The molecule has 0 saturated carbocycles. The maximum absolute atomic E-state index is 13.6. The van der Waals surface area contributed by atoms with Gasteiger partial charge in [-0.2, -0.15) is 0 Å². The van der Waals surface area contributed by atoms with Crippen LogP contribution in [0, 0.1) is 11.6 Å². The third kappa shape index (κ3) is 2.71. The molecule has 0 N–H and O–H groups in total. The van der Waals surface area contributed by atoms with Crippen LogP contribution in [0.3, 0.4) is 0 Å². The molecule has 1 atom stereocenters. The highest BCUT2D eigenvalue weighted by Crippen LogP contribution is 2.30. The Morgan fingerprint density at radius 2 is 1.80 bits per heavy atom. The summed E-state index contributed by atoms with van der Waals surface area (Å²) in [4.78, 5) is 0. The number of hydrogen-bond acceptors (Lipinski definition) is 0. The zero-order valence-electron chi connectivity index (χ0n) is 11.0. The van der Waals surface area contributed by atoms with Crippen molar-refractivity contribution in [3.05, 3.63) is 70.3 Å². The number of rotatable bonds is 3. The molecular weight excluding hydrogens is 278 g/mol. The van der Waals surface area contributed by atoms with E-state index in [2.05, 4.69) is 12.1 Å². The van der Waals surface area contributed by atoms with Crippen LogP contribution in [0.2, 0.25) is 0 Å². The fourth-order valence-corrected chi connectivity index (χ4v) is 3.09. The predicted octanol–water partition coefficient (Wildman–Crippen LogP) is 4.98. The highest BCUT2D eigenvalue weighted by atomic mass is 35.5. The minimum Gasteiger partial charge on any atom is -0.207 e. The van der Waals surface area contributed by atoms with E-state index >= 15 is 0 Å². The molecular formula is C17H15ClF2. The van der Waals surface area contributed by atoms with E-state index in [9.17, 15) is 8.78 Å². The van der Waals surface area contributed by atoms with Gasteiger partial charge in [0.1, 0.15) is 11.6 Å². The van der Waals surface area contributed by atoms with Crippen molar-refractivity contribution >= 4 is 11.6 Å². The van der Waals surface area contributed by atoms with E-state index < -0.39 is 11.6 Å². The summed E-state index contributed by atoms with van der Waals surface area (Å²) < 4.78 is 26.5. The van der Waals surface area contributed by atoms with E-state index in [0.717, 1.165) is 24.5 Å². The van der Waals surface area contributed by atoms with Crippen LogP contribution in [0.1, 0.15) is 34.1 Å². The third-order valence-corrected chi connectivity index (χ3v) is 4.30. The summed E-state index contributed by atoms with van der Waals surface area (Å²) in [6.07, 6.45) is 3.79. The van der Waals surface area contributed by atoms with Gasteiger partial charge in [0.25, 0.3) is 0 Å². The van der Waals surface area contributed by atoms with Gasteiger partial charge in [-0.15, -0.1) is 11.6 Å². The molecule has 2 aromatic rings. The highest BCUT2D eigenvalue weighted by Gasteiger charge is 2.16. The van der Waals surface area contributed by atoms with Crippen LogP contribution in [0.15, 0.2) is 36.4 Å².